The Morgan fingerprint density at radius 1 is 1.07 bits per heavy atom. The number of hydrogen-bond donors (Lipinski definition) is 1. The van der Waals surface area contributed by atoms with Crippen LogP contribution in [0.2, 0.25) is 0 Å². The molecule has 0 spiro atoms. The molecule has 0 aliphatic rings. The fourth-order valence-corrected chi connectivity index (χ4v) is 1.99. The third kappa shape index (κ3) is 5.18. The first-order chi connectivity index (χ1) is 6.93. The van der Waals surface area contributed by atoms with Gasteiger partial charge in [0.25, 0.3) is 0 Å². The molecule has 1 aromatic rings. The van der Waals surface area contributed by atoms with Crippen molar-refractivity contribution in [1.29, 1.82) is 0 Å². The summed E-state index contributed by atoms with van der Waals surface area (Å²) in [6.07, 6.45) is 5.36. The molecule has 0 aromatic heterocycles. The van der Waals surface area contributed by atoms with E-state index in [1.165, 1.54) is 37.1 Å². The first-order valence-electron chi connectivity index (χ1n) is 5.36. The molecule has 0 radical (unpaired) electrons. The molecule has 0 aliphatic carbocycles. The molecule has 2 heteroatoms. The van der Waals surface area contributed by atoms with Crippen LogP contribution >= 0.6 is 11.9 Å². The van der Waals surface area contributed by atoms with E-state index in [0.29, 0.717) is 0 Å². The van der Waals surface area contributed by atoms with Gasteiger partial charge in [-0.2, -0.15) is 0 Å². The molecule has 14 heavy (non-hydrogen) atoms. The number of hydrogen-bond acceptors (Lipinski definition) is 2. The molecular formula is C12H19NS. The smallest absolute Gasteiger partial charge is 0.0440 e. The summed E-state index contributed by atoms with van der Waals surface area (Å²) in [5.41, 5.74) is 1.20. The van der Waals surface area contributed by atoms with E-state index in [1.54, 1.807) is 11.9 Å². The van der Waals surface area contributed by atoms with Crippen LogP contribution in [0.3, 0.4) is 0 Å². The fraction of sp³-hybridized carbons (Fsp3) is 0.500. The van der Waals surface area contributed by atoms with Crippen LogP contribution in [-0.4, -0.2) is 5.75 Å². The molecule has 0 saturated carbocycles. The van der Waals surface area contributed by atoms with Gasteiger partial charge in [0.2, 0.25) is 0 Å². The Balaban J connectivity index is 1.99. The Labute approximate surface area is 91.4 Å². The molecule has 0 heterocycles. The molecule has 0 unspecified atom stereocenters. The van der Waals surface area contributed by atoms with Crippen molar-refractivity contribution in [3.8, 4) is 0 Å². The highest BCUT2D eigenvalue weighted by Gasteiger charge is 1.90. The van der Waals surface area contributed by atoms with E-state index in [9.17, 15) is 0 Å². The number of unbranched alkanes of at least 4 members (excludes halogenated alkanes) is 3. The van der Waals surface area contributed by atoms with Crippen LogP contribution in [0, 0.1) is 0 Å². The third-order valence-electron chi connectivity index (χ3n) is 2.06. The van der Waals surface area contributed by atoms with Gasteiger partial charge in [-0.3, -0.25) is 0 Å². The predicted octanol–water partition coefficient (Wildman–Crippen LogP) is 4.33. The second-order valence-electron chi connectivity index (χ2n) is 3.38. The molecule has 1 N–H and O–H groups in total. The van der Waals surface area contributed by atoms with E-state index in [4.69, 9.17) is 0 Å². The normalized spacial score (nSPS) is 10.1. The molecule has 1 rings (SSSR count). The van der Waals surface area contributed by atoms with Gasteiger partial charge < -0.3 is 4.72 Å². The molecule has 0 atom stereocenters. The molecule has 0 saturated heterocycles. The molecule has 0 amide bonds. The lowest BCUT2D eigenvalue weighted by Gasteiger charge is -2.04. The van der Waals surface area contributed by atoms with Crippen molar-refractivity contribution in [2.75, 3.05) is 10.5 Å². The third-order valence-corrected chi connectivity index (χ3v) is 2.94. The van der Waals surface area contributed by atoms with E-state index >= 15 is 0 Å². The molecule has 1 aromatic carbocycles. The Hall–Kier alpha value is -0.630. The zero-order valence-electron chi connectivity index (χ0n) is 8.83. The topological polar surface area (TPSA) is 12.0 Å². The Kier molecular flexibility index (Phi) is 6.33. The summed E-state index contributed by atoms with van der Waals surface area (Å²) in [5.74, 6) is 1.20. The fourth-order valence-electron chi connectivity index (χ4n) is 1.24. The van der Waals surface area contributed by atoms with Gasteiger partial charge in [-0.05, 0) is 18.6 Å². The van der Waals surface area contributed by atoms with Crippen molar-refractivity contribution < 1.29 is 0 Å². The van der Waals surface area contributed by atoms with Gasteiger partial charge in [0.1, 0.15) is 0 Å². The number of anilines is 1. The lowest BCUT2D eigenvalue weighted by Crippen LogP contribution is -1.89. The number of nitrogens with one attached hydrogen (secondary N) is 1. The summed E-state index contributed by atoms with van der Waals surface area (Å²) in [4.78, 5) is 0. The summed E-state index contributed by atoms with van der Waals surface area (Å²) >= 11 is 1.81. The van der Waals surface area contributed by atoms with Crippen molar-refractivity contribution in [2.24, 2.45) is 0 Å². The highest BCUT2D eigenvalue weighted by atomic mass is 32.2. The number of rotatable bonds is 7. The summed E-state index contributed by atoms with van der Waals surface area (Å²) in [6.45, 7) is 2.25. The van der Waals surface area contributed by atoms with Gasteiger partial charge in [0.05, 0.1) is 0 Å². The van der Waals surface area contributed by atoms with Crippen molar-refractivity contribution in [3.63, 3.8) is 0 Å². The average Bonchev–Trinajstić information content (AvgIpc) is 2.25. The lowest BCUT2D eigenvalue weighted by atomic mass is 10.2. The Morgan fingerprint density at radius 2 is 1.86 bits per heavy atom. The van der Waals surface area contributed by atoms with Gasteiger partial charge in [-0.1, -0.05) is 56.3 Å². The Morgan fingerprint density at radius 3 is 2.57 bits per heavy atom. The zero-order chi connectivity index (χ0) is 10.1. The molecule has 0 aliphatic heterocycles. The summed E-state index contributed by atoms with van der Waals surface area (Å²) in [7, 11) is 0. The minimum Gasteiger partial charge on any atom is -0.330 e. The highest BCUT2D eigenvalue weighted by Crippen LogP contribution is 2.13. The van der Waals surface area contributed by atoms with E-state index in [0.717, 1.165) is 0 Å². The highest BCUT2D eigenvalue weighted by molar-refractivity contribution is 8.00. The quantitative estimate of drug-likeness (QED) is 0.530. The van der Waals surface area contributed by atoms with Crippen molar-refractivity contribution >= 4 is 17.6 Å². The van der Waals surface area contributed by atoms with Crippen LogP contribution in [0.4, 0.5) is 5.69 Å². The second-order valence-corrected chi connectivity index (χ2v) is 4.28. The van der Waals surface area contributed by atoms with E-state index in [-0.39, 0.29) is 0 Å². The van der Waals surface area contributed by atoms with Gasteiger partial charge in [0.15, 0.2) is 0 Å². The molecule has 0 fully saturated rings. The van der Waals surface area contributed by atoms with Crippen LogP contribution in [0.25, 0.3) is 0 Å². The van der Waals surface area contributed by atoms with Crippen LogP contribution in [0.15, 0.2) is 30.3 Å². The summed E-state index contributed by atoms with van der Waals surface area (Å²) < 4.78 is 3.34. The zero-order valence-corrected chi connectivity index (χ0v) is 9.65. The number of benzene rings is 1. The number of para-hydroxylation sites is 1. The van der Waals surface area contributed by atoms with E-state index < -0.39 is 0 Å². The summed E-state index contributed by atoms with van der Waals surface area (Å²) in [5, 5.41) is 0. The van der Waals surface area contributed by atoms with Crippen molar-refractivity contribution in [3.05, 3.63) is 30.3 Å². The molecule has 0 bridgehead atoms. The Bertz CT molecular complexity index is 223. The maximum atomic E-state index is 3.34. The monoisotopic (exact) mass is 209 g/mol. The average molecular weight is 209 g/mol. The van der Waals surface area contributed by atoms with Gasteiger partial charge in [0, 0.05) is 11.4 Å². The maximum absolute atomic E-state index is 3.34. The second kappa shape index (κ2) is 7.74. The lowest BCUT2D eigenvalue weighted by molar-refractivity contribution is 0.707. The predicted molar refractivity (Wildman–Crippen MR) is 66.7 cm³/mol. The van der Waals surface area contributed by atoms with Gasteiger partial charge in [-0.25, -0.2) is 0 Å². The van der Waals surface area contributed by atoms with Crippen LogP contribution in [0.5, 0.6) is 0 Å². The van der Waals surface area contributed by atoms with Crippen LogP contribution in [-0.2, 0) is 0 Å². The molecule has 78 valence electrons. The standard InChI is InChI=1S/C12H19NS/c1-2-3-4-8-11-14-13-12-9-6-5-7-10-12/h5-7,9-10,13H,2-4,8,11H2,1H3. The van der Waals surface area contributed by atoms with Gasteiger partial charge in [-0.15, -0.1) is 0 Å². The first kappa shape index (κ1) is 11.4. The van der Waals surface area contributed by atoms with Crippen LogP contribution in [0.1, 0.15) is 32.6 Å². The first-order valence-corrected chi connectivity index (χ1v) is 6.35. The van der Waals surface area contributed by atoms with E-state index in [1.807, 2.05) is 6.07 Å². The van der Waals surface area contributed by atoms with Crippen molar-refractivity contribution in [1.82, 2.24) is 0 Å². The summed E-state index contributed by atoms with van der Waals surface area (Å²) in [6, 6.07) is 10.3. The largest absolute Gasteiger partial charge is 0.330 e. The van der Waals surface area contributed by atoms with Crippen molar-refractivity contribution in [2.45, 2.75) is 32.6 Å². The molecular weight excluding hydrogens is 190 g/mol. The van der Waals surface area contributed by atoms with Crippen LogP contribution < -0.4 is 4.72 Å². The SMILES string of the molecule is CCCCCCSNc1ccccc1. The minimum absolute atomic E-state index is 1.20. The minimum atomic E-state index is 1.20. The maximum Gasteiger partial charge on any atom is 0.0440 e. The molecule has 1 nitrogen and oxygen atoms in total. The van der Waals surface area contributed by atoms with E-state index in [2.05, 4.69) is 35.9 Å². The van der Waals surface area contributed by atoms with Gasteiger partial charge >= 0.3 is 0 Å².